The van der Waals surface area contributed by atoms with Gasteiger partial charge in [0.1, 0.15) is 11.2 Å². The summed E-state index contributed by atoms with van der Waals surface area (Å²) in [7, 11) is 1.33. The first-order valence-corrected chi connectivity index (χ1v) is 6.19. The highest BCUT2D eigenvalue weighted by molar-refractivity contribution is 5.93. The summed E-state index contributed by atoms with van der Waals surface area (Å²) >= 11 is 0. The van der Waals surface area contributed by atoms with Gasteiger partial charge in [0.05, 0.1) is 13.2 Å². The first kappa shape index (κ1) is 16.3. The SMILES string of the molecule is COc1c(O[O])cccc1C(=O)OC(C)(C)CC(C)O. The molecular formula is C14H19O6. The fraction of sp³-hybridized carbons (Fsp3) is 0.500. The molecule has 1 unspecified atom stereocenters. The number of hydrogen-bond donors (Lipinski definition) is 1. The third-order valence-corrected chi connectivity index (χ3v) is 2.65. The smallest absolute Gasteiger partial charge is 0.342 e. The molecule has 0 heterocycles. The van der Waals surface area contributed by atoms with Crippen LogP contribution in [-0.2, 0) is 9.99 Å². The lowest BCUT2D eigenvalue weighted by Crippen LogP contribution is -2.31. The molecule has 0 aliphatic carbocycles. The van der Waals surface area contributed by atoms with Crippen molar-refractivity contribution in [1.82, 2.24) is 0 Å². The number of methoxy groups -OCH3 is 1. The normalized spacial score (nSPS) is 12.7. The molecule has 1 N–H and O–H groups in total. The van der Waals surface area contributed by atoms with E-state index in [2.05, 4.69) is 4.89 Å². The molecule has 20 heavy (non-hydrogen) atoms. The van der Waals surface area contributed by atoms with Gasteiger partial charge in [-0.15, -0.1) is 0 Å². The van der Waals surface area contributed by atoms with E-state index < -0.39 is 17.7 Å². The zero-order valence-electron chi connectivity index (χ0n) is 12.0. The van der Waals surface area contributed by atoms with E-state index in [4.69, 9.17) is 9.47 Å². The van der Waals surface area contributed by atoms with Gasteiger partial charge in [0.15, 0.2) is 5.75 Å². The molecule has 6 heteroatoms. The van der Waals surface area contributed by atoms with Crippen molar-refractivity contribution in [2.45, 2.75) is 38.9 Å². The molecule has 1 aromatic carbocycles. The number of para-hydroxylation sites is 1. The van der Waals surface area contributed by atoms with Gasteiger partial charge in [0, 0.05) is 11.7 Å². The van der Waals surface area contributed by atoms with Crippen LogP contribution in [-0.4, -0.2) is 29.9 Å². The fourth-order valence-electron chi connectivity index (χ4n) is 2.01. The van der Waals surface area contributed by atoms with Gasteiger partial charge < -0.3 is 19.5 Å². The molecule has 0 bridgehead atoms. The number of ether oxygens (including phenoxy) is 2. The lowest BCUT2D eigenvalue weighted by molar-refractivity contribution is -0.209. The van der Waals surface area contributed by atoms with E-state index in [1.165, 1.54) is 25.3 Å². The average molecular weight is 283 g/mol. The molecule has 6 nitrogen and oxygen atoms in total. The maximum Gasteiger partial charge on any atom is 0.342 e. The molecule has 111 valence electrons. The van der Waals surface area contributed by atoms with Crippen LogP contribution >= 0.6 is 0 Å². The summed E-state index contributed by atoms with van der Waals surface area (Å²) in [6, 6.07) is 4.36. The van der Waals surface area contributed by atoms with Crippen LogP contribution in [0.5, 0.6) is 11.5 Å². The fourth-order valence-corrected chi connectivity index (χ4v) is 2.01. The summed E-state index contributed by atoms with van der Waals surface area (Å²) in [6.45, 7) is 5.00. The number of aliphatic hydroxyl groups is 1. The minimum atomic E-state index is -0.843. The number of carbonyl (C=O) groups excluding carboxylic acids is 1. The van der Waals surface area contributed by atoms with Gasteiger partial charge in [0.25, 0.3) is 0 Å². The van der Waals surface area contributed by atoms with Crippen molar-refractivity contribution in [1.29, 1.82) is 0 Å². The van der Waals surface area contributed by atoms with Crippen molar-refractivity contribution in [2.75, 3.05) is 7.11 Å². The molecule has 0 spiro atoms. The Balaban J connectivity index is 2.98. The molecule has 1 aromatic rings. The van der Waals surface area contributed by atoms with E-state index >= 15 is 0 Å². The van der Waals surface area contributed by atoms with Gasteiger partial charge in [-0.1, -0.05) is 6.07 Å². The van der Waals surface area contributed by atoms with Gasteiger partial charge in [-0.2, -0.15) is 0 Å². The lowest BCUT2D eigenvalue weighted by atomic mass is 10.0. The molecule has 0 aliphatic heterocycles. The van der Waals surface area contributed by atoms with Crippen LogP contribution in [0.15, 0.2) is 18.2 Å². The quantitative estimate of drug-likeness (QED) is 0.491. The Morgan fingerprint density at radius 2 is 2.05 bits per heavy atom. The van der Waals surface area contributed by atoms with Crippen LogP contribution in [0.1, 0.15) is 37.6 Å². The van der Waals surface area contributed by atoms with Crippen LogP contribution in [0.3, 0.4) is 0 Å². The Bertz CT molecular complexity index is 467. The van der Waals surface area contributed by atoms with E-state index in [1.54, 1.807) is 20.8 Å². The number of aliphatic hydroxyl groups excluding tert-OH is 1. The van der Waals surface area contributed by atoms with Gasteiger partial charge in [-0.25, -0.2) is 4.79 Å². The van der Waals surface area contributed by atoms with Crippen LogP contribution < -0.4 is 9.62 Å². The molecule has 1 rings (SSSR count). The Kier molecular flexibility index (Phi) is 5.35. The number of hydrogen-bond acceptors (Lipinski definition) is 5. The molecule has 0 aromatic heterocycles. The van der Waals surface area contributed by atoms with E-state index in [0.29, 0.717) is 6.42 Å². The van der Waals surface area contributed by atoms with Gasteiger partial charge in [-0.3, -0.25) is 0 Å². The van der Waals surface area contributed by atoms with Crippen LogP contribution in [0, 0.1) is 0 Å². The zero-order chi connectivity index (χ0) is 15.3. The van der Waals surface area contributed by atoms with Crippen molar-refractivity contribution < 1.29 is 29.5 Å². The average Bonchev–Trinajstić information content (AvgIpc) is 2.35. The van der Waals surface area contributed by atoms with Crippen LogP contribution in [0.25, 0.3) is 0 Å². The summed E-state index contributed by atoms with van der Waals surface area (Å²) < 4.78 is 10.3. The monoisotopic (exact) mass is 283 g/mol. The molecule has 0 fully saturated rings. The van der Waals surface area contributed by atoms with Crippen molar-refractivity contribution >= 4 is 5.97 Å². The molecule has 0 saturated heterocycles. The van der Waals surface area contributed by atoms with E-state index in [-0.39, 0.29) is 17.1 Å². The van der Waals surface area contributed by atoms with Crippen molar-refractivity contribution in [3.8, 4) is 11.5 Å². The first-order valence-electron chi connectivity index (χ1n) is 6.19. The molecular weight excluding hydrogens is 264 g/mol. The molecule has 0 amide bonds. The standard InChI is InChI=1S/C14H19O6/c1-9(15)8-14(2,3)19-13(16)10-6-5-7-11(20-17)12(10)18-4/h5-7,9,15H,8H2,1-4H3. The highest BCUT2D eigenvalue weighted by atomic mass is 17.1. The lowest BCUT2D eigenvalue weighted by Gasteiger charge is -2.26. The Morgan fingerprint density at radius 1 is 1.40 bits per heavy atom. The molecule has 0 aliphatic rings. The number of carbonyl (C=O) groups is 1. The minimum Gasteiger partial charge on any atom is -0.492 e. The van der Waals surface area contributed by atoms with Crippen molar-refractivity contribution in [2.24, 2.45) is 0 Å². The summed E-state index contributed by atoms with van der Waals surface area (Å²) in [4.78, 5) is 16.0. The van der Waals surface area contributed by atoms with Crippen molar-refractivity contribution in [3.63, 3.8) is 0 Å². The van der Waals surface area contributed by atoms with Crippen LogP contribution in [0.4, 0.5) is 0 Å². The molecule has 1 radical (unpaired) electrons. The van der Waals surface area contributed by atoms with E-state index in [0.717, 1.165) is 0 Å². The maximum atomic E-state index is 12.1. The van der Waals surface area contributed by atoms with Crippen LogP contribution in [0.2, 0.25) is 0 Å². The van der Waals surface area contributed by atoms with Gasteiger partial charge >= 0.3 is 5.97 Å². The summed E-state index contributed by atoms with van der Waals surface area (Å²) in [6.07, 6.45) is -0.310. The second-order valence-corrected chi connectivity index (χ2v) is 5.12. The highest BCUT2D eigenvalue weighted by Gasteiger charge is 2.28. The number of esters is 1. The summed E-state index contributed by atoms with van der Waals surface area (Å²) in [5, 5.41) is 19.9. The Morgan fingerprint density at radius 3 is 2.55 bits per heavy atom. The maximum absolute atomic E-state index is 12.1. The molecule has 1 atom stereocenters. The third-order valence-electron chi connectivity index (χ3n) is 2.65. The van der Waals surface area contributed by atoms with Gasteiger partial charge in [-0.05, 0) is 32.9 Å². The number of benzene rings is 1. The topological polar surface area (TPSA) is 84.9 Å². The summed E-state index contributed by atoms with van der Waals surface area (Å²) in [5.41, 5.74) is -0.746. The predicted molar refractivity (Wildman–Crippen MR) is 70.1 cm³/mol. The summed E-state index contributed by atoms with van der Waals surface area (Å²) in [5.74, 6) is -0.706. The van der Waals surface area contributed by atoms with E-state index in [1.807, 2.05) is 0 Å². The van der Waals surface area contributed by atoms with Crippen molar-refractivity contribution in [3.05, 3.63) is 23.8 Å². The largest absolute Gasteiger partial charge is 0.492 e. The zero-order valence-corrected chi connectivity index (χ0v) is 12.0. The number of rotatable bonds is 6. The Hall–Kier alpha value is -1.79. The third kappa shape index (κ3) is 4.11. The predicted octanol–water partition coefficient (Wildman–Crippen LogP) is 2.13. The Labute approximate surface area is 117 Å². The minimum absolute atomic E-state index is 0.0281. The van der Waals surface area contributed by atoms with Gasteiger partial charge in [0.2, 0.25) is 5.75 Å². The second-order valence-electron chi connectivity index (χ2n) is 5.12. The van der Waals surface area contributed by atoms with E-state index in [9.17, 15) is 15.2 Å². The highest BCUT2D eigenvalue weighted by Crippen LogP contribution is 2.32. The molecule has 0 saturated carbocycles. The first-order chi connectivity index (χ1) is 9.30. The second kappa shape index (κ2) is 6.58.